The van der Waals surface area contributed by atoms with E-state index in [-0.39, 0.29) is 17.9 Å². The highest BCUT2D eigenvalue weighted by Crippen LogP contribution is 2.40. The molecule has 6 nitrogen and oxygen atoms in total. The highest BCUT2D eigenvalue weighted by Gasteiger charge is 2.46. The van der Waals surface area contributed by atoms with Crippen molar-refractivity contribution in [1.29, 1.82) is 0 Å². The van der Waals surface area contributed by atoms with E-state index in [1.165, 1.54) is 12.0 Å². The first-order valence-electron chi connectivity index (χ1n) is 9.57. The Kier molecular flexibility index (Phi) is 5.86. The Morgan fingerprint density at radius 3 is 2.58 bits per heavy atom. The van der Waals surface area contributed by atoms with Crippen LogP contribution in [0.25, 0.3) is 5.76 Å². The molecule has 1 aromatic heterocycles. The van der Waals surface area contributed by atoms with Crippen molar-refractivity contribution in [2.45, 2.75) is 12.6 Å². The molecular weight excluding hydrogens is 460 g/mol. The number of ether oxygens (including phenoxy) is 1. The average molecular weight is 479 g/mol. The minimum Gasteiger partial charge on any atom is -0.507 e. The van der Waals surface area contributed by atoms with Gasteiger partial charge in [-0.05, 0) is 41.5 Å². The van der Waals surface area contributed by atoms with Crippen molar-refractivity contribution in [2.75, 3.05) is 7.11 Å². The third-order valence-corrected chi connectivity index (χ3v) is 5.67. The maximum Gasteiger partial charge on any atom is 0.295 e. The Morgan fingerprint density at radius 1 is 1.13 bits per heavy atom. The minimum atomic E-state index is -0.737. The van der Waals surface area contributed by atoms with E-state index < -0.39 is 17.7 Å². The van der Waals surface area contributed by atoms with Gasteiger partial charge in [0.1, 0.15) is 11.5 Å². The standard InChI is InChI=1S/C24H19BrN2O4/c1-31-19-6-2-5-17(12-19)22(28)20-21(16-7-9-18(25)10-8-16)27(24(30)23(20)29)14-15-4-3-11-26-13-15/h2-13,21,28H,14H2,1H3/b22-20-. The largest absolute Gasteiger partial charge is 0.507 e. The Hall–Kier alpha value is -3.45. The number of amides is 1. The number of likely N-dealkylation sites (tertiary alicyclic amines) is 1. The fourth-order valence-corrected chi connectivity index (χ4v) is 3.91. The molecule has 1 atom stereocenters. The number of hydrogen-bond donors (Lipinski definition) is 1. The zero-order valence-electron chi connectivity index (χ0n) is 16.7. The average Bonchev–Trinajstić information content (AvgIpc) is 3.05. The summed E-state index contributed by atoms with van der Waals surface area (Å²) in [4.78, 5) is 31.6. The van der Waals surface area contributed by atoms with Crippen molar-refractivity contribution < 1.29 is 19.4 Å². The normalized spacial score (nSPS) is 17.7. The van der Waals surface area contributed by atoms with Gasteiger partial charge in [-0.3, -0.25) is 14.6 Å². The minimum absolute atomic E-state index is 0.0458. The van der Waals surface area contributed by atoms with Gasteiger partial charge >= 0.3 is 0 Å². The van der Waals surface area contributed by atoms with Gasteiger partial charge in [-0.1, -0.05) is 46.3 Å². The summed E-state index contributed by atoms with van der Waals surface area (Å²) in [7, 11) is 1.52. The van der Waals surface area contributed by atoms with Gasteiger partial charge in [0.15, 0.2) is 0 Å². The van der Waals surface area contributed by atoms with Gasteiger partial charge in [0.2, 0.25) is 0 Å². The van der Waals surface area contributed by atoms with Crippen molar-refractivity contribution in [3.63, 3.8) is 0 Å². The number of ketones is 1. The van der Waals surface area contributed by atoms with Crippen LogP contribution in [0, 0.1) is 0 Å². The first kappa shape index (κ1) is 20.8. The monoisotopic (exact) mass is 478 g/mol. The van der Waals surface area contributed by atoms with Crippen LogP contribution in [0.3, 0.4) is 0 Å². The number of hydrogen-bond acceptors (Lipinski definition) is 5. The maximum atomic E-state index is 13.1. The molecular formula is C24H19BrN2O4. The zero-order chi connectivity index (χ0) is 22.0. The van der Waals surface area contributed by atoms with E-state index in [1.807, 2.05) is 30.3 Å². The summed E-state index contributed by atoms with van der Waals surface area (Å²) in [5.41, 5.74) is 1.95. The Morgan fingerprint density at radius 2 is 1.90 bits per heavy atom. The molecule has 0 saturated carbocycles. The summed E-state index contributed by atoms with van der Waals surface area (Å²) in [5, 5.41) is 11.1. The number of aliphatic hydroxyl groups is 1. The van der Waals surface area contributed by atoms with E-state index in [2.05, 4.69) is 20.9 Å². The van der Waals surface area contributed by atoms with Crippen LogP contribution >= 0.6 is 15.9 Å². The summed E-state index contributed by atoms with van der Waals surface area (Å²) in [6.07, 6.45) is 3.30. The number of carbonyl (C=O) groups is 2. The van der Waals surface area contributed by atoms with E-state index in [9.17, 15) is 14.7 Å². The molecule has 1 unspecified atom stereocenters. The summed E-state index contributed by atoms with van der Waals surface area (Å²) in [6.45, 7) is 0.189. The quantitative estimate of drug-likeness (QED) is 0.332. The molecule has 0 radical (unpaired) electrons. The molecule has 0 aliphatic carbocycles. The lowest BCUT2D eigenvalue weighted by Gasteiger charge is -2.25. The van der Waals surface area contributed by atoms with Crippen LogP contribution in [-0.4, -0.2) is 33.8 Å². The SMILES string of the molecule is COc1cccc(/C(O)=C2/C(=O)C(=O)N(Cc3cccnc3)C2c2ccc(Br)cc2)c1. The number of pyridine rings is 1. The molecule has 1 N–H and O–H groups in total. The van der Waals surface area contributed by atoms with Crippen LogP contribution in [0.4, 0.5) is 0 Å². The van der Waals surface area contributed by atoms with E-state index in [4.69, 9.17) is 4.74 Å². The lowest BCUT2D eigenvalue weighted by molar-refractivity contribution is -0.140. The number of rotatable bonds is 5. The van der Waals surface area contributed by atoms with Crippen LogP contribution in [-0.2, 0) is 16.1 Å². The molecule has 3 aromatic rings. The summed E-state index contributed by atoms with van der Waals surface area (Å²) >= 11 is 3.41. The van der Waals surface area contributed by atoms with E-state index >= 15 is 0 Å². The molecule has 156 valence electrons. The second-order valence-corrected chi connectivity index (χ2v) is 7.99. The third kappa shape index (κ3) is 4.09. The molecule has 2 heterocycles. The molecule has 7 heteroatoms. The van der Waals surface area contributed by atoms with Gasteiger partial charge in [0.25, 0.3) is 11.7 Å². The molecule has 1 aliphatic rings. The lowest BCUT2D eigenvalue weighted by atomic mass is 9.95. The van der Waals surface area contributed by atoms with E-state index in [0.717, 1.165) is 15.6 Å². The Balaban J connectivity index is 1.86. The van der Waals surface area contributed by atoms with Gasteiger partial charge in [-0.2, -0.15) is 0 Å². The molecule has 0 bridgehead atoms. The van der Waals surface area contributed by atoms with Gasteiger partial charge in [0, 0.05) is 29.0 Å². The number of benzene rings is 2. The number of Topliss-reactive ketones (excluding diaryl/α,β-unsaturated/α-hetero) is 1. The van der Waals surface area contributed by atoms with E-state index in [1.54, 1.807) is 42.7 Å². The number of methoxy groups -OCH3 is 1. The van der Waals surface area contributed by atoms with Gasteiger partial charge in [-0.25, -0.2) is 0 Å². The molecule has 31 heavy (non-hydrogen) atoms. The summed E-state index contributed by atoms with van der Waals surface area (Å²) in [5.74, 6) is -1.09. The lowest BCUT2D eigenvalue weighted by Crippen LogP contribution is -2.29. The van der Waals surface area contributed by atoms with Crippen LogP contribution < -0.4 is 4.74 Å². The number of aromatic nitrogens is 1. The molecule has 1 saturated heterocycles. The van der Waals surface area contributed by atoms with Crippen LogP contribution in [0.15, 0.2) is 83.1 Å². The Bertz CT molecular complexity index is 1160. The topological polar surface area (TPSA) is 79.7 Å². The Labute approximate surface area is 187 Å². The van der Waals surface area contributed by atoms with Crippen molar-refractivity contribution in [2.24, 2.45) is 0 Å². The molecule has 1 fully saturated rings. The molecule has 1 amide bonds. The zero-order valence-corrected chi connectivity index (χ0v) is 18.2. The predicted molar refractivity (Wildman–Crippen MR) is 119 cm³/mol. The van der Waals surface area contributed by atoms with Gasteiger partial charge < -0.3 is 14.7 Å². The number of halogens is 1. The highest BCUT2D eigenvalue weighted by atomic mass is 79.9. The molecule has 0 spiro atoms. The van der Waals surface area contributed by atoms with Gasteiger partial charge in [-0.15, -0.1) is 0 Å². The number of nitrogens with zero attached hydrogens (tertiary/aromatic N) is 2. The smallest absolute Gasteiger partial charge is 0.295 e. The van der Waals surface area contributed by atoms with E-state index in [0.29, 0.717) is 11.3 Å². The fraction of sp³-hybridized carbons (Fsp3) is 0.125. The molecule has 2 aromatic carbocycles. The predicted octanol–water partition coefficient (Wildman–Crippen LogP) is 4.47. The van der Waals surface area contributed by atoms with Gasteiger partial charge in [0.05, 0.1) is 18.7 Å². The van der Waals surface area contributed by atoms with Crippen LogP contribution in [0.1, 0.15) is 22.7 Å². The van der Waals surface area contributed by atoms with Crippen molar-refractivity contribution in [3.05, 3.63) is 99.8 Å². The maximum absolute atomic E-state index is 13.1. The van der Waals surface area contributed by atoms with Crippen molar-refractivity contribution in [3.8, 4) is 5.75 Å². The summed E-state index contributed by atoms with van der Waals surface area (Å²) in [6, 6.07) is 17.0. The van der Waals surface area contributed by atoms with Crippen molar-refractivity contribution in [1.82, 2.24) is 9.88 Å². The molecule has 1 aliphatic heterocycles. The van der Waals surface area contributed by atoms with Crippen LogP contribution in [0.2, 0.25) is 0 Å². The fourth-order valence-electron chi connectivity index (χ4n) is 3.65. The second kappa shape index (κ2) is 8.73. The highest BCUT2D eigenvalue weighted by molar-refractivity contribution is 9.10. The summed E-state index contributed by atoms with van der Waals surface area (Å²) < 4.78 is 6.10. The third-order valence-electron chi connectivity index (χ3n) is 5.14. The second-order valence-electron chi connectivity index (χ2n) is 7.07. The first-order chi connectivity index (χ1) is 15.0. The first-order valence-corrected chi connectivity index (χ1v) is 10.4. The molecule has 4 rings (SSSR count). The number of aliphatic hydroxyl groups excluding tert-OH is 1. The van der Waals surface area contributed by atoms with Crippen molar-refractivity contribution >= 4 is 33.4 Å². The van der Waals surface area contributed by atoms with Crippen LogP contribution in [0.5, 0.6) is 5.75 Å². The number of carbonyl (C=O) groups excluding carboxylic acids is 2.